The Balaban J connectivity index is 2.23. The molecule has 5 heteroatoms. The van der Waals surface area contributed by atoms with Crippen molar-refractivity contribution < 1.29 is 8.60 Å². The molecule has 19 heavy (non-hydrogen) atoms. The summed E-state index contributed by atoms with van der Waals surface area (Å²) < 4.78 is 24.9. The number of hydrogen-bond acceptors (Lipinski definition) is 3. The Morgan fingerprint density at radius 3 is 2.68 bits per heavy atom. The summed E-state index contributed by atoms with van der Waals surface area (Å²) in [7, 11) is -0.710. The van der Waals surface area contributed by atoms with Gasteiger partial charge in [-0.1, -0.05) is 19.1 Å². The Kier molecular flexibility index (Phi) is 5.07. The van der Waals surface area contributed by atoms with Crippen LogP contribution in [0.5, 0.6) is 0 Å². The molecule has 0 radical (unpaired) electrons. The first-order valence-electron chi connectivity index (χ1n) is 6.72. The van der Waals surface area contributed by atoms with E-state index in [1.165, 1.54) is 6.07 Å². The maximum absolute atomic E-state index is 13.4. The third kappa shape index (κ3) is 3.61. The number of benzene rings is 1. The van der Waals surface area contributed by atoms with Gasteiger partial charge < -0.3 is 5.73 Å². The van der Waals surface area contributed by atoms with Crippen LogP contribution in [0.25, 0.3) is 0 Å². The quantitative estimate of drug-likeness (QED) is 0.915. The lowest BCUT2D eigenvalue weighted by molar-refractivity contribution is 0.184. The fraction of sp³-hybridized carbons (Fsp3) is 0.571. The molecule has 1 saturated heterocycles. The summed E-state index contributed by atoms with van der Waals surface area (Å²) in [5, 5.41) is 0. The van der Waals surface area contributed by atoms with E-state index in [1.54, 1.807) is 12.1 Å². The molecule has 106 valence electrons. The largest absolute Gasteiger partial charge is 0.326 e. The first-order chi connectivity index (χ1) is 9.11. The third-order valence-electron chi connectivity index (χ3n) is 3.67. The van der Waals surface area contributed by atoms with Gasteiger partial charge in [0.05, 0.1) is 6.04 Å². The molecular formula is C14H21FN2OS. The van der Waals surface area contributed by atoms with Crippen LogP contribution in [-0.2, 0) is 10.8 Å². The van der Waals surface area contributed by atoms with Crippen molar-refractivity contribution in [1.82, 2.24) is 4.90 Å². The molecular weight excluding hydrogens is 263 g/mol. The van der Waals surface area contributed by atoms with E-state index in [-0.39, 0.29) is 17.9 Å². The Bertz CT molecular complexity index is 445. The molecule has 2 atom stereocenters. The number of rotatable bonds is 4. The van der Waals surface area contributed by atoms with Gasteiger partial charge in [0, 0.05) is 41.4 Å². The average Bonchev–Trinajstić information content (AvgIpc) is 2.41. The van der Waals surface area contributed by atoms with E-state index >= 15 is 0 Å². The summed E-state index contributed by atoms with van der Waals surface area (Å²) in [5.41, 5.74) is 7.14. The van der Waals surface area contributed by atoms with Crippen molar-refractivity contribution in [3.05, 3.63) is 35.6 Å². The van der Waals surface area contributed by atoms with E-state index in [0.29, 0.717) is 11.5 Å². The van der Waals surface area contributed by atoms with Crippen LogP contribution in [0, 0.1) is 5.82 Å². The van der Waals surface area contributed by atoms with Crippen LogP contribution in [0.4, 0.5) is 4.39 Å². The summed E-state index contributed by atoms with van der Waals surface area (Å²) in [4.78, 5) is 2.24. The molecule has 1 fully saturated rings. The zero-order valence-electron chi connectivity index (χ0n) is 11.2. The molecule has 0 spiro atoms. The van der Waals surface area contributed by atoms with Crippen LogP contribution < -0.4 is 5.73 Å². The van der Waals surface area contributed by atoms with E-state index in [4.69, 9.17) is 5.73 Å². The molecule has 1 aliphatic heterocycles. The minimum Gasteiger partial charge on any atom is -0.326 e. The topological polar surface area (TPSA) is 46.3 Å². The van der Waals surface area contributed by atoms with Crippen molar-refractivity contribution in [2.24, 2.45) is 5.73 Å². The highest BCUT2D eigenvalue weighted by Gasteiger charge is 2.28. The van der Waals surface area contributed by atoms with Gasteiger partial charge >= 0.3 is 0 Å². The predicted molar refractivity (Wildman–Crippen MR) is 76.9 cm³/mol. The second-order valence-corrected chi connectivity index (χ2v) is 6.65. The van der Waals surface area contributed by atoms with Gasteiger partial charge in [-0.05, 0) is 24.1 Å². The monoisotopic (exact) mass is 284 g/mol. The summed E-state index contributed by atoms with van der Waals surface area (Å²) in [6.45, 7) is 3.57. The summed E-state index contributed by atoms with van der Waals surface area (Å²) in [6.07, 6.45) is 0.834. The number of nitrogens with zero attached hydrogens (tertiary/aromatic N) is 1. The van der Waals surface area contributed by atoms with Crippen molar-refractivity contribution in [2.45, 2.75) is 25.4 Å². The zero-order valence-corrected chi connectivity index (χ0v) is 12.0. The van der Waals surface area contributed by atoms with Crippen LogP contribution in [0.3, 0.4) is 0 Å². The Hall–Kier alpha value is -0.780. The third-order valence-corrected chi connectivity index (χ3v) is 4.95. The molecule has 0 aromatic heterocycles. The molecule has 0 aliphatic carbocycles. The standard InChI is InChI=1S/C14H21FN2OS/c1-2-13(16)14(11-4-3-5-12(15)10-11)17-6-8-19(18)9-7-17/h3-5,10,13-14H,2,6-9,16H2,1H3. The fourth-order valence-corrected chi connectivity index (χ4v) is 3.65. The van der Waals surface area contributed by atoms with Crippen LogP contribution in [0.2, 0.25) is 0 Å². The van der Waals surface area contributed by atoms with Crippen molar-refractivity contribution in [2.75, 3.05) is 24.6 Å². The number of nitrogens with two attached hydrogens (primary N) is 1. The van der Waals surface area contributed by atoms with Crippen molar-refractivity contribution in [1.29, 1.82) is 0 Å². The smallest absolute Gasteiger partial charge is 0.123 e. The van der Waals surface area contributed by atoms with Crippen LogP contribution in [-0.4, -0.2) is 39.7 Å². The van der Waals surface area contributed by atoms with Crippen LogP contribution in [0.15, 0.2) is 24.3 Å². The first kappa shape index (κ1) is 14.6. The van der Waals surface area contributed by atoms with Crippen molar-refractivity contribution in [3.8, 4) is 0 Å². The Morgan fingerprint density at radius 2 is 2.11 bits per heavy atom. The molecule has 0 bridgehead atoms. The minimum atomic E-state index is -0.710. The average molecular weight is 284 g/mol. The van der Waals surface area contributed by atoms with Crippen molar-refractivity contribution in [3.63, 3.8) is 0 Å². The minimum absolute atomic E-state index is 0.0120. The van der Waals surface area contributed by atoms with E-state index < -0.39 is 10.8 Å². The van der Waals surface area contributed by atoms with Gasteiger partial charge in [-0.2, -0.15) is 0 Å². The highest BCUT2D eigenvalue weighted by molar-refractivity contribution is 7.85. The van der Waals surface area contributed by atoms with E-state index in [0.717, 1.165) is 25.1 Å². The van der Waals surface area contributed by atoms with E-state index in [2.05, 4.69) is 4.90 Å². The molecule has 3 nitrogen and oxygen atoms in total. The molecule has 2 rings (SSSR count). The normalized spacial score (nSPS) is 21.2. The summed E-state index contributed by atoms with van der Waals surface area (Å²) in [6, 6.07) is 6.64. The highest BCUT2D eigenvalue weighted by atomic mass is 32.2. The lowest BCUT2D eigenvalue weighted by atomic mass is 9.96. The first-order valence-corrected chi connectivity index (χ1v) is 8.20. The van der Waals surface area contributed by atoms with Gasteiger partial charge in [-0.15, -0.1) is 0 Å². The fourth-order valence-electron chi connectivity index (χ4n) is 2.57. The predicted octanol–water partition coefficient (Wildman–Crippen LogP) is 1.67. The lowest BCUT2D eigenvalue weighted by Gasteiger charge is -2.37. The molecule has 1 aromatic rings. The highest BCUT2D eigenvalue weighted by Crippen LogP contribution is 2.26. The van der Waals surface area contributed by atoms with E-state index in [9.17, 15) is 8.60 Å². The van der Waals surface area contributed by atoms with Crippen LogP contribution in [0.1, 0.15) is 24.9 Å². The zero-order chi connectivity index (χ0) is 13.8. The van der Waals surface area contributed by atoms with Crippen LogP contribution >= 0.6 is 0 Å². The molecule has 0 saturated carbocycles. The molecule has 1 aromatic carbocycles. The maximum atomic E-state index is 13.4. The van der Waals surface area contributed by atoms with E-state index in [1.807, 2.05) is 13.0 Å². The molecule has 1 heterocycles. The number of hydrogen-bond donors (Lipinski definition) is 1. The number of halogens is 1. The molecule has 2 N–H and O–H groups in total. The summed E-state index contributed by atoms with van der Waals surface area (Å²) >= 11 is 0. The second kappa shape index (κ2) is 6.59. The Labute approximate surface area is 116 Å². The lowest BCUT2D eigenvalue weighted by Crippen LogP contribution is -2.46. The maximum Gasteiger partial charge on any atom is 0.123 e. The van der Waals surface area contributed by atoms with Gasteiger partial charge in [0.15, 0.2) is 0 Å². The molecule has 0 amide bonds. The van der Waals surface area contributed by atoms with Gasteiger partial charge in [0.25, 0.3) is 0 Å². The summed E-state index contributed by atoms with van der Waals surface area (Å²) in [5.74, 6) is 1.14. The van der Waals surface area contributed by atoms with Gasteiger partial charge in [-0.25, -0.2) is 4.39 Å². The molecule has 1 aliphatic rings. The van der Waals surface area contributed by atoms with Crippen molar-refractivity contribution >= 4 is 10.8 Å². The van der Waals surface area contributed by atoms with Gasteiger partial charge in [0.1, 0.15) is 5.82 Å². The Morgan fingerprint density at radius 1 is 1.42 bits per heavy atom. The SMILES string of the molecule is CCC(N)C(c1cccc(F)c1)N1CCS(=O)CC1. The van der Waals surface area contributed by atoms with Gasteiger partial charge in [0.2, 0.25) is 0 Å². The molecule has 2 unspecified atom stereocenters. The second-order valence-electron chi connectivity index (χ2n) is 4.96. The van der Waals surface area contributed by atoms with Gasteiger partial charge in [-0.3, -0.25) is 9.11 Å².